The summed E-state index contributed by atoms with van der Waals surface area (Å²) < 4.78 is 5.00. The fourth-order valence-electron chi connectivity index (χ4n) is 2.62. The van der Waals surface area contributed by atoms with Gasteiger partial charge in [0.25, 0.3) is 0 Å². The van der Waals surface area contributed by atoms with Gasteiger partial charge < -0.3 is 9.42 Å². The Kier molecular flexibility index (Phi) is 4.39. The van der Waals surface area contributed by atoms with Crippen molar-refractivity contribution in [2.24, 2.45) is 0 Å². The number of amides is 1. The number of hydrogen-bond acceptors (Lipinski definition) is 7. The van der Waals surface area contributed by atoms with Crippen LogP contribution in [0.15, 0.2) is 22.2 Å². The van der Waals surface area contributed by atoms with Crippen molar-refractivity contribution in [1.29, 1.82) is 0 Å². The summed E-state index contributed by atoms with van der Waals surface area (Å²) in [5.74, 6) is 0.322. The van der Waals surface area contributed by atoms with E-state index < -0.39 is 0 Å². The van der Waals surface area contributed by atoms with E-state index in [0.717, 1.165) is 30.5 Å². The van der Waals surface area contributed by atoms with Crippen LogP contribution in [0.2, 0.25) is 0 Å². The highest BCUT2D eigenvalue weighted by Crippen LogP contribution is 2.22. The number of carbonyl (C=O) groups excluding carboxylic acids is 1. The minimum Gasteiger partial charge on any atom is -0.343 e. The lowest BCUT2D eigenvalue weighted by Crippen LogP contribution is -2.53. The van der Waals surface area contributed by atoms with Crippen molar-refractivity contribution in [1.82, 2.24) is 15.0 Å². The van der Waals surface area contributed by atoms with Crippen LogP contribution in [0.5, 0.6) is 0 Å². The molecular weight excluding hydrogens is 302 g/mol. The van der Waals surface area contributed by atoms with Gasteiger partial charge in [0.1, 0.15) is 0 Å². The maximum Gasteiger partial charge on any atom is 0.240 e. The first-order valence-electron chi connectivity index (χ1n) is 7.23. The monoisotopic (exact) mass is 321 g/mol. The fourth-order valence-corrected chi connectivity index (χ4v) is 3.39. The molecule has 2 aromatic heterocycles. The normalized spacial score (nSPS) is 19.4. The lowest BCUT2D eigenvalue weighted by Gasteiger charge is -2.39. The Hall–Kier alpha value is -1.93. The lowest BCUT2D eigenvalue weighted by atomic mass is 10.2. The van der Waals surface area contributed by atoms with Gasteiger partial charge in [-0.1, -0.05) is 5.16 Å². The van der Waals surface area contributed by atoms with E-state index in [1.807, 2.05) is 18.5 Å². The molecule has 3 heterocycles. The van der Waals surface area contributed by atoms with Gasteiger partial charge in [0.15, 0.2) is 5.13 Å². The Bertz CT molecular complexity index is 627. The molecule has 1 aliphatic rings. The molecule has 1 fully saturated rings. The number of rotatable bonds is 4. The molecule has 7 nitrogen and oxygen atoms in total. The van der Waals surface area contributed by atoms with Gasteiger partial charge >= 0.3 is 0 Å². The number of aromatic nitrogens is 2. The molecule has 8 heteroatoms. The SMILES string of the molecule is Cc1cc(NC(=O)CN2CCN(c3nccs3)C(C)C2)on1. The molecule has 0 bridgehead atoms. The van der Waals surface area contributed by atoms with Crippen LogP contribution in [-0.2, 0) is 4.79 Å². The molecule has 1 atom stereocenters. The number of carbonyl (C=O) groups is 1. The van der Waals surface area contributed by atoms with Crippen molar-refractivity contribution < 1.29 is 9.32 Å². The molecule has 1 saturated heterocycles. The van der Waals surface area contributed by atoms with E-state index in [4.69, 9.17) is 4.52 Å². The van der Waals surface area contributed by atoms with Crippen LogP contribution >= 0.6 is 11.3 Å². The molecule has 1 aliphatic heterocycles. The van der Waals surface area contributed by atoms with Crippen LogP contribution in [0.3, 0.4) is 0 Å². The molecule has 2 aromatic rings. The van der Waals surface area contributed by atoms with E-state index >= 15 is 0 Å². The Labute approximate surface area is 132 Å². The summed E-state index contributed by atoms with van der Waals surface area (Å²) >= 11 is 1.65. The fraction of sp³-hybridized carbons (Fsp3) is 0.500. The van der Waals surface area contributed by atoms with Crippen molar-refractivity contribution in [2.45, 2.75) is 19.9 Å². The second-order valence-electron chi connectivity index (χ2n) is 5.47. The highest BCUT2D eigenvalue weighted by Gasteiger charge is 2.26. The second kappa shape index (κ2) is 6.45. The molecule has 1 unspecified atom stereocenters. The Morgan fingerprint density at radius 2 is 2.41 bits per heavy atom. The molecule has 1 N–H and O–H groups in total. The minimum absolute atomic E-state index is 0.0777. The molecule has 0 aliphatic carbocycles. The van der Waals surface area contributed by atoms with Gasteiger partial charge in [-0.05, 0) is 13.8 Å². The van der Waals surface area contributed by atoms with E-state index in [-0.39, 0.29) is 5.91 Å². The van der Waals surface area contributed by atoms with Crippen LogP contribution in [0, 0.1) is 6.92 Å². The van der Waals surface area contributed by atoms with Crippen LogP contribution < -0.4 is 10.2 Å². The van der Waals surface area contributed by atoms with Gasteiger partial charge in [-0.3, -0.25) is 15.0 Å². The summed E-state index contributed by atoms with van der Waals surface area (Å²) in [6.07, 6.45) is 1.83. The molecule has 22 heavy (non-hydrogen) atoms. The average Bonchev–Trinajstić information content (AvgIpc) is 3.11. The van der Waals surface area contributed by atoms with Gasteiger partial charge in [-0.25, -0.2) is 4.98 Å². The van der Waals surface area contributed by atoms with Crippen LogP contribution in [-0.4, -0.2) is 53.2 Å². The molecule has 0 saturated carbocycles. The highest BCUT2D eigenvalue weighted by atomic mass is 32.1. The number of nitrogens with zero attached hydrogens (tertiary/aromatic N) is 4. The van der Waals surface area contributed by atoms with Crippen molar-refractivity contribution in [2.75, 3.05) is 36.4 Å². The van der Waals surface area contributed by atoms with Crippen LogP contribution in [0.25, 0.3) is 0 Å². The third-order valence-corrected chi connectivity index (χ3v) is 4.44. The average molecular weight is 321 g/mol. The van der Waals surface area contributed by atoms with E-state index in [1.54, 1.807) is 17.4 Å². The number of hydrogen-bond donors (Lipinski definition) is 1. The van der Waals surface area contributed by atoms with E-state index in [1.165, 1.54) is 0 Å². The summed E-state index contributed by atoms with van der Waals surface area (Å²) in [5.41, 5.74) is 0.751. The third-order valence-electron chi connectivity index (χ3n) is 3.63. The predicted octanol–water partition coefficient (Wildman–Crippen LogP) is 1.59. The number of piperazine rings is 1. The topological polar surface area (TPSA) is 74.5 Å². The maximum atomic E-state index is 12.0. The smallest absolute Gasteiger partial charge is 0.240 e. The van der Waals surface area contributed by atoms with Crippen molar-refractivity contribution in [3.63, 3.8) is 0 Å². The standard InChI is InChI=1S/C14H19N5O2S/c1-10-7-13(21-17-10)16-12(20)9-18-4-5-19(11(2)8-18)14-15-3-6-22-14/h3,6-7,11H,4-5,8-9H2,1-2H3,(H,16,20). The second-order valence-corrected chi connectivity index (χ2v) is 6.35. The number of aryl methyl sites for hydroxylation is 1. The first kappa shape index (κ1) is 15.0. The van der Waals surface area contributed by atoms with Crippen molar-refractivity contribution in [3.05, 3.63) is 23.3 Å². The molecule has 0 spiro atoms. The zero-order valence-corrected chi connectivity index (χ0v) is 13.5. The number of anilines is 2. The molecule has 1 amide bonds. The highest BCUT2D eigenvalue weighted by molar-refractivity contribution is 7.13. The van der Waals surface area contributed by atoms with Crippen LogP contribution in [0.4, 0.5) is 11.0 Å². The first-order valence-corrected chi connectivity index (χ1v) is 8.11. The number of thiazole rings is 1. The maximum absolute atomic E-state index is 12.0. The first-order chi connectivity index (χ1) is 10.6. The third kappa shape index (κ3) is 3.45. The van der Waals surface area contributed by atoms with E-state index in [9.17, 15) is 4.79 Å². The van der Waals surface area contributed by atoms with Crippen molar-refractivity contribution >= 4 is 28.3 Å². The van der Waals surface area contributed by atoms with E-state index in [2.05, 4.69) is 32.2 Å². The minimum atomic E-state index is -0.0777. The molecule has 0 aromatic carbocycles. The summed E-state index contributed by atoms with van der Waals surface area (Å²) in [4.78, 5) is 20.8. The summed E-state index contributed by atoms with van der Waals surface area (Å²) in [6.45, 7) is 6.89. The zero-order valence-electron chi connectivity index (χ0n) is 12.7. The molecule has 3 rings (SSSR count). The predicted molar refractivity (Wildman–Crippen MR) is 85.2 cm³/mol. The summed E-state index contributed by atoms with van der Waals surface area (Å²) in [6, 6.07) is 2.04. The Morgan fingerprint density at radius 1 is 1.55 bits per heavy atom. The molecule has 0 radical (unpaired) electrons. The van der Waals surface area contributed by atoms with Gasteiger partial charge in [0.2, 0.25) is 11.8 Å². The Morgan fingerprint density at radius 3 is 3.05 bits per heavy atom. The van der Waals surface area contributed by atoms with Gasteiger partial charge in [0.05, 0.1) is 12.2 Å². The molecular formula is C14H19N5O2S. The van der Waals surface area contributed by atoms with Gasteiger partial charge in [-0.15, -0.1) is 11.3 Å². The van der Waals surface area contributed by atoms with Crippen LogP contribution in [0.1, 0.15) is 12.6 Å². The quantitative estimate of drug-likeness (QED) is 0.922. The largest absolute Gasteiger partial charge is 0.343 e. The van der Waals surface area contributed by atoms with Gasteiger partial charge in [0, 0.05) is 43.3 Å². The summed E-state index contributed by atoms with van der Waals surface area (Å²) in [7, 11) is 0. The van der Waals surface area contributed by atoms with E-state index in [0.29, 0.717) is 18.5 Å². The lowest BCUT2D eigenvalue weighted by molar-refractivity contribution is -0.117. The van der Waals surface area contributed by atoms with Crippen molar-refractivity contribution in [3.8, 4) is 0 Å². The number of nitrogens with one attached hydrogen (secondary N) is 1. The summed E-state index contributed by atoms with van der Waals surface area (Å²) in [5, 5.41) is 9.52. The molecule has 118 valence electrons. The van der Waals surface area contributed by atoms with Gasteiger partial charge in [-0.2, -0.15) is 0 Å². The zero-order chi connectivity index (χ0) is 15.5. The Balaban J connectivity index is 1.51.